The summed E-state index contributed by atoms with van der Waals surface area (Å²) in [5, 5.41) is 12.3. The Labute approximate surface area is 133 Å². The summed E-state index contributed by atoms with van der Waals surface area (Å²) in [6.07, 6.45) is 3.91. The van der Waals surface area contributed by atoms with Crippen molar-refractivity contribution in [3.8, 4) is 0 Å². The van der Waals surface area contributed by atoms with Gasteiger partial charge < -0.3 is 10.4 Å². The van der Waals surface area contributed by atoms with Crippen LogP contribution >= 0.6 is 0 Å². The molecule has 1 aliphatic rings. The zero-order valence-electron chi connectivity index (χ0n) is 13.5. The van der Waals surface area contributed by atoms with Gasteiger partial charge in [0.2, 0.25) is 0 Å². The molecule has 0 aromatic heterocycles. The minimum absolute atomic E-state index is 0.0150. The summed E-state index contributed by atoms with van der Waals surface area (Å²) >= 11 is 0. The summed E-state index contributed by atoms with van der Waals surface area (Å²) in [6, 6.07) is 7.12. The standard InChI is InChI=1S/C17H27NO3S/c1-13-7-9-15(10-8-13)22(20,21)17-6-4-3-5-16(17)18-12-11-14(2)19/h7-10,14,16-19H,3-6,11-12H2,1-2H3/t14-,16-,17-/m1/s1. The third-order valence-electron chi connectivity index (χ3n) is 4.42. The molecule has 3 atom stereocenters. The van der Waals surface area contributed by atoms with Crippen LogP contribution in [0.2, 0.25) is 0 Å². The van der Waals surface area contributed by atoms with Crippen molar-refractivity contribution in [3.05, 3.63) is 29.8 Å². The average molecular weight is 325 g/mol. The van der Waals surface area contributed by atoms with E-state index >= 15 is 0 Å². The van der Waals surface area contributed by atoms with E-state index in [0.29, 0.717) is 24.3 Å². The number of aliphatic hydroxyl groups excluding tert-OH is 1. The average Bonchev–Trinajstić information content (AvgIpc) is 2.48. The van der Waals surface area contributed by atoms with Crippen molar-refractivity contribution in [2.45, 2.75) is 68.2 Å². The lowest BCUT2D eigenvalue weighted by Crippen LogP contribution is -2.46. The topological polar surface area (TPSA) is 66.4 Å². The highest BCUT2D eigenvalue weighted by atomic mass is 32.2. The van der Waals surface area contributed by atoms with Gasteiger partial charge in [-0.1, -0.05) is 30.5 Å². The quantitative estimate of drug-likeness (QED) is 0.843. The van der Waals surface area contributed by atoms with Crippen LogP contribution in [0.25, 0.3) is 0 Å². The first-order valence-electron chi connectivity index (χ1n) is 8.13. The van der Waals surface area contributed by atoms with E-state index < -0.39 is 9.84 Å². The minimum Gasteiger partial charge on any atom is -0.393 e. The molecule has 0 aliphatic heterocycles. The second-order valence-electron chi connectivity index (χ2n) is 6.38. The zero-order chi connectivity index (χ0) is 16.2. The lowest BCUT2D eigenvalue weighted by molar-refractivity contribution is 0.181. The largest absolute Gasteiger partial charge is 0.393 e. The van der Waals surface area contributed by atoms with E-state index in [9.17, 15) is 13.5 Å². The summed E-state index contributed by atoms with van der Waals surface area (Å²) in [5.41, 5.74) is 1.06. The Morgan fingerprint density at radius 1 is 1.23 bits per heavy atom. The maximum Gasteiger partial charge on any atom is 0.182 e. The van der Waals surface area contributed by atoms with Gasteiger partial charge in [-0.05, 0) is 51.8 Å². The Bertz CT molecular complexity index is 566. The van der Waals surface area contributed by atoms with E-state index in [1.54, 1.807) is 19.1 Å². The molecule has 2 rings (SSSR count). The summed E-state index contributed by atoms with van der Waals surface area (Å²) in [6.45, 7) is 4.36. The van der Waals surface area contributed by atoms with Gasteiger partial charge in [0.15, 0.2) is 9.84 Å². The Balaban J connectivity index is 2.13. The van der Waals surface area contributed by atoms with Crippen LogP contribution in [-0.4, -0.2) is 37.5 Å². The van der Waals surface area contributed by atoms with E-state index in [4.69, 9.17) is 0 Å². The highest BCUT2D eigenvalue weighted by molar-refractivity contribution is 7.92. The lowest BCUT2D eigenvalue weighted by Gasteiger charge is -2.32. The number of hydrogen-bond donors (Lipinski definition) is 2. The molecule has 0 amide bonds. The molecule has 0 unspecified atom stereocenters. The van der Waals surface area contributed by atoms with Crippen LogP contribution in [0.3, 0.4) is 0 Å². The van der Waals surface area contributed by atoms with Crippen LogP contribution in [0.1, 0.15) is 44.6 Å². The summed E-state index contributed by atoms with van der Waals surface area (Å²) in [7, 11) is -3.30. The van der Waals surface area contributed by atoms with Gasteiger partial charge in [-0.2, -0.15) is 0 Å². The van der Waals surface area contributed by atoms with Crippen molar-refractivity contribution in [1.29, 1.82) is 0 Å². The van der Waals surface area contributed by atoms with Gasteiger partial charge in [-0.3, -0.25) is 0 Å². The van der Waals surface area contributed by atoms with Gasteiger partial charge in [-0.15, -0.1) is 0 Å². The molecule has 1 aromatic carbocycles. The Kier molecular flexibility index (Phi) is 6.01. The fourth-order valence-corrected chi connectivity index (χ4v) is 5.09. The Morgan fingerprint density at radius 2 is 1.86 bits per heavy atom. The van der Waals surface area contributed by atoms with Gasteiger partial charge in [0, 0.05) is 6.04 Å². The molecule has 5 heteroatoms. The molecule has 0 radical (unpaired) electrons. The summed E-state index contributed by atoms with van der Waals surface area (Å²) < 4.78 is 25.8. The van der Waals surface area contributed by atoms with Gasteiger partial charge in [0.05, 0.1) is 16.2 Å². The highest BCUT2D eigenvalue weighted by Gasteiger charge is 2.36. The van der Waals surface area contributed by atoms with Crippen LogP contribution in [0, 0.1) is 6.92 Å². The smallest absolute Gasteiger partial charge is 0.182 e. The Hall–Kier alpha value is -0.910. The van der Waals surface area contributed by atoms with Gasteiger partial charge in [0.1, 0.15) is 0 Å². The predicted octanol–water partition coefficient (Wildman–Crippen LogP) is 2.44. The number of nitrogens with one attached hydrogen (secondary N) is 1. The zero-order valence-corrected chi connectivity index (χ0v) is 14.3. The van der Waals surface area contributed by atoms with E-state index in [2.05, 4.69) is 5.32 Å². The first-order valence-corrected chi connectivity index (χ1v) is 9.68. The van der Waals surface area contributed by atoms with E-state index in [-0.39, 0.29) is 17.4 Å². The molecule has 0 saturated heterocycles. The van der Waals surface area contributed by atoms with Crippen LogP contribution < -0.4 is 5.32 Å². The third kappa shape index (κ3) is 4.31. The molecule has 2 N–H and O–H groups in total. The van der Waals surface area contributed by atoms with E-state index in [0.717, 1.165) is 24.8 Å². The fraction of sp³-hybridized carbons (Fsp3) is 0.647. The molecule has 1 aliphatic carbocycles. The number of aliphatic hydroxyl groups is 1. The first-order chi connectivity index (χ1) is 10.4. The normalized spacial score (nSPS) is 24.1. The second-order valence-corrected chi connectivity index (χ2v) is 8.55. The monoisotopic (exact) mass is 325 g/mol. The van der Waals surface area contributed by atoms with Gasteiger partial charge in [0.25, 0.3) is 0 Å². The molecule has 22 heavy (non-hydrogen) atoms. The molecule has 124 valence electrons. The number of rotatable bonds is 6. The second kappa shape index (κ2) is 7.57. The lowest BCUT2D eigenvalue weighted by atomic mass is 9.95. The molecule has 1 aromatic rings. The van der Waals surface area contributed by atoms with Crippen LogP contribution in [-0.2, 0) is 9.84 Å². The van der Waals surface area contributed by atoms with Crippen molar-refractivity contribution in [1.82, 2.24) is 5.32 Å². The maximum absolute atomic E-state index is 12.9. The van der Waals surface area contributed by atoms with Crippen LogP contribution in [0.5, 0.6) is 0 Å². The molecule has 1 fully saturated rings. The molecular weight excluding hydrogens is 298 g/mol. The number of hydrogen-bond acceptors (Lipinski definition) is 4. The SMILES string of the molecule is Cc1ccc(S(=O)(=O)[C@@H]2CCCC[C@H]2NCC[C@@H](C)O)cc1. The van der Waals surface area contributed by atoms with Gasteiger partial charge in [-0.25, -0.2) is 8.42 Å². The van der Waals surface area contributed by atoms with Crippen molar-refractivity contribution in [3.63, 3.8) is 0 Å². The predicted molar refractivity (Wildman–Crippen MR) is 88.7 cm³/mol. The molecule has 0 heterocycles. The van der Waals surface area contributed by atoms with Gasteiger partial charge >= 0.3 is 0 Å². The van der Waals surface area contributed by atoms with Crippen molar-refractivity contribution < 1.29 is 13.5 Å². The van der Waals surface area contributed by atoms with Crippen molar-refractivity contribution in [2.75, 3.05) is 6.54 Å². The molecule has 0 spiro atoms. The molecular formula is C17H27NO3S. The van der Waals surface area contributed by atoms with Crippen LogP contribution in [0.4, 0.5) is 0 Å². The molecule has 4 nitrogen and oxygen atoms in total. The summed E-state index contributed by atoms with van der Waals surface area (Å²) in [5.74, 6) is 0. The van der Waals surface area contributed by atoms with E-state index in [1.165, 1.54) is 0 Å². The first kappa shape index (κ1) is 17.4. The van der Waals surface area contributed by atoms with E-state index in [1.807, 2.05) is 19.1 Å². The van der Waals surface area contributed by atoms with Crippen molar-refractivity contribution in [2.24, 2.45) is 0 Å². The van der Waals surface area contributed by atoms with Crippen LogP contribution in [0.15, 0.2) is 29.2 Å². The summed E-state index contributed by atoms with van der Waals surface area (Å²) in [4.78, 5) is 0.423. The number of sulfone groups is 1. The fourth-order valence-electron chi connectivity index (χ4n) is 3.08. The molecule has 0 bridgehead atoms. The minimum atomic E-state index is -3.30. The highest BCUT2D eigenvalue weighted by Crippen LogP contribution is 2.29. The number of aryl methyl sites for hydroxylation is 1. The number of benzene rings is 1. The maximum atomic E-state index is 12.9. The van der Waals surface area contributed by atoms with Crippen molar-refractivity contribution >= 4 is 9.84 Å². The Morgan fingerprint density at radius 3 is 2.50 bits per heavy atom. The molecule has 1 saturated carbocycles. The third-order valence-corrected chi connectivity index (χ3v) is 6.71.